The number of piperidine rings is 1. The highest BCUT2D eigenvalue weighted by Gasteiger charge is 2.31. The smallest absolute Gasteiger partial charge is 0.245 e. The number of sulfonamides is 1. The van der Waals surface area contributed by atoms with Crippen LogP contribution in [0.1, 0.15) is 19.3 Å². The number of rotatable bonds is 5. The van der Waals surface area contributed by atoms with Gasteiger partial charge in [-0.25, -0.2) is 13.4 Å². The van der Waals surface area contributed by atoms with Gasteiger partial charge in [-0.2, -0.15) is 4.31 Å². The maximum absolute atomic E-state index is 12.8. The largest absolute Gasteiger partial charge is 0.345 e. The summed E-state index contributed by atoms with van der Waals surface area (Å²) in [7, 11) is -1.49. The number of aromatic amines is 1. The number of pyridine rings is 1. The van der Waals surface area contributed by atoms with E-state index in [0.717, 1.165) is 25.8 Å². The molecule has 128 valence electrons. The van der Waals surface area contributed by atoms with E-state index >= 15 is 0 Å². The zero-order valence-electron chi connectivity index (χ0n) is 13.2. The molecule has 3 heterocycles. The van der Waals surface area contributed by atoms with Gasteiger partial charge in [0.15, 0.2) is 0 Å². The highest BCUT2D eigenvalue weighted by atomic mass is 35.5. The molecule has 0 aliphatic carbocycles. The molecule has 0 spiro atoms. The second-order valence-electron chi connectivity index (χ2n) is 5.79. The van der Waals surface area contributed by atoms with E-state index in [2.05, 4.69) is 15.3 Å². The molecule has 1 aliphatic heterocycles. The van der Waals surface area contributed by atoms with Crippen LogP contribution in [0.5, 0.6) is 0 Å². The minimum absolute atomic E-state index is 0. The molecule has 2 aromatic rings. The Balaban J connectivity index is 0.00000192. The van der Waals surface area contributed by atoms with Gasteiger partial charge in [-0.05, 0) is 50.9 Å². The molecule has 6 nitrogen and oxygen atoms in total. The first kappa shape index (κ1) is 18.2. The molecule has 1 fully saturated rings. The van der Waals surface area contributed by atoms with Crippen LogP contribution in [0.15, 0.2) is 29.4 Å². The molecule has 0 amide bonds. The van der Waals surface area contributed by atoms with Crippen molar-refractivity contribution >= 4 is 33.5 Å². The molecular formula is C15H23ClN4O2S. The van der Waals surface area contributed by atoms with Crippen molar-refractivity contribution < 1.29 is 8.42 Å². The number of halogens is 1. The predicted octanol–water partition coefficient (Wildman–Crippen LogP) is 1.99. The van der Waals surface area contributed by atoms with Crippen LogP contribution in [0.4, 0.5) is 0 Å². The van der Waals surface area contributed by atoms with E-state index in [1.165, 1.54) is 0 Å². The number of fused-ring (bicyclic) bond motifs is 1. The molecule has 0 atom stereocenters. The van der Waals surface area contributed by atoms with E-state index in [9.17, 15) is 8.42 Å². The van der Waals surface area contributed by atoms with Gasteiger partial charge < -0.3 is 10.3 Å². The van der Waals surface area contributed by atoms with Crippen LogP contribution >= 0.6 is 12.4 Å². The molecule has 23 heavy (non-hydrogen) atoms. The van der Waals surface area contributed by atoms with Crippen molar-refractivity contribution in [1.82, 2.24) is 19.6 Å². The Kier molecular flexibility index (Phi) is 6.02. The topological polar surface area (TPSA) is 78.1 Å². The third-order valence-electron chi connectivity index (χ3n) is 4.41. The predicted molar refractivity (Wildman–Crippen MR) is 93.4 cm³/mol. The van der Waals surface area contributed by atoms with Crippen molar-refractivity contribution in [2.75, 3.05) is 26.7 Å². The normalized spacial score (nSPS) is 17.3. The van der Waals surface area contributed by atoms with E-state index in [1.807, 2.05) is 7.05 Å². The summed E-state index contributed by atoms with van der Waals surface area (Å²) in [5.74, 6) is 0.614. The summed E-state index contributed by atoms with van der Waals surface area (Å²) in [4.78, 5) is 7.44. The lowest BCUT2D eigenvalue weighted by Crippen LogP contribution is -2.38. The summed E-state index contributed by atoms with van der Waals surface area (Å²) < 4.78 is 27.3. The van der Waals surface area contributed by atoms with E-state index in [0.29, 0.717) is 34.9 Å². The Morgan fingerprint density at radius 2 is 2.13 bits per heavy atom. The monoisotopic (exact) mass is 358 g/mol. The number of nitrogens with zero attached hydrogens (tertiary/aromatic N) is 2. The van der Waals surface area contributed by atoms with Gasteiger partial charge in [0.1, 0.15) is 10.5 Å². The summed E-state index contributed by atoms with van der Waals surface area (Å²) in [5, 5.41) is 3.82. The van der Waals surface area contributed by atoms with Gasteiger partial charge >= 0.3 is 0 Å². The molecule has 8 heteroatoms. The fourth-order valence-corrected chi connectivity index (χ4v) is 4.69. The summed E-state index contributed by atoms with van der Waals surface area (Å²) in [6.07, 6.45) is 6.19. The second-order valence-corrected chi connectivity index (χ2v) is 7.70. The molecule has 0 saturated carbocycles. The molecule has 0 unspecified atom stereocenters. The van der Waals surface area contributed by atoms with Gasteiger partial charge in [0, 0.05) is 30.9 Å². The lowest BCUT2D eigenvalue weighted by Gasteiger charge is -2.31. The molecule has 1 saturated heterocycles. The van der Waals surface area contributed by atoms with Crippen molar-refractivity contribution in [2.45, 2.75) is 24.2 Å². The molecular weight excluding hydrogens is 336 g/mol. The maximum Gasteiger partial charge on any atom is 0.245 e. The highest BCUT2D eigenvalue weighted by molar-refractivity contribution is 7.89. The maximum atomic E-state index is 12.8. The third-order valence-corrected chi connectivity index (χ3v) is 6.35. The van der Waals surface area contributed by atoms with Gasteiger partial charge in [0.2, 0.25) is 10.0 Å². The summed E-state index contributed by atoms with van der Waals surface area (Å²) >= 11 is 0. The van der Waals surface area contributed by atoms with Crippen molar-refractivity contribution in [2.24, 2.45) is 5.92 Å². The zero-order valence-corrected chi connectivity index (χ0v) is 14.8. The second kappa shape index (κ2) is 7.61. The Morgan fingerprint density at radius 3 is 2.83 bits per heavy atom. The summed E-state index contributed by atoms with van der Waals surface area (Å²) in [6, 6.07) is 3.56. The van der Waals surface area contributed by atoms with E-state index in [1.54, 1.807) is 28.8 Å². The minimum Gasteiger partial charge on any atom is -0.345 e. The van der Waals surface area contributed by atoms with Crippen molar-refractivity contribution in [3.05, 3.63) is 24.5 Å². The lowest BCUT2D eigenvalue weighted by atomic mass is 9.95. The van der Waals surface area contributed by atoms with Crippen LogP contribution < -0.4 is 5.32 Å². The average Bonchev–Trinajstić information content (AvgIpc) is 2.98. The average molecular weight is 359 g/mol. The van der Waals surface area contributed by atoms with Gasteiger partial charge in [-0.3, -0.25) is 0 Å². The molecule has 0 bridgehead atoms. The number of H-pyrrole nitrogens is 1. The number of hydrogen-bond acceptors (Lipinski definition) is 4. The fraction of sp³-hybridized carbons (Fsp3) is 0.533. The van der Waals surface area contributed by atoms with E-state index < -0.39 is 10.0 Å². The van der Waals surface area contributed by atoms with Crippen LogP contribution in [-0.4, -0.2) is 49.4 Å². The van der Waals surface area contributed by atoms with Gasteiger partial charge in [-0.15, -0.1) is 12.4 Å². The van der Waals surface area contributed by atoms with Crippen molar-refractivity contribution in [3.63, 3.8) is 0 Å². The van der Waals surface area contributed by atoms with Crippen LogP contribution in [-0.2, 0) is 10.0 Å². The number of aromatic nitrogens is 2. The molecule has 2 N–H and O–H groups in total. The standard InChI is InChI=1S/C15H22N4O2S.ClH/c1-16-8-4-12-5-9-19(10-6-12)22(20,21)14-11-18-15-13(14)3-2-7-17-15;/h2-3,7,11-12,16H,4-6,8-10H2,1H3,(H,17,18);1H. The molecule has 3 rings (SSSR count). The van der Waals surface area contributed by atoms with Gasteiger partial charge in [-0.1, -0.05) is 0 Å². The zero-order chi connectivity index (χ0) is 15.6. The van der Waals surface area contributed by atoms with Crippen LogP contribution in [0.2, 0.25) is 0 Å². The summed E-state index contributed by atoms with van der Waals surface area (Å²) in [6.45, 7) is 2.19. The van der Waals surface area contributed by atoms with Gasteiger partial charge in [0.25, 0.3) is 0 Å². The molecule has 2 aromatic heterocycles. The molecule has 0 radical (unpaired) electrons. The Morgan fingerprint density at radius 1 is 1.39 bits per heavy atom. The van der Waals surface area contributed by atoms with Crippen LogP contribution in [0.3, 0.4) is 0 Å². The van der Waals surface area contributed by atoms with Crippen molar-refractivity contribution in [1.29, 1.82) is 0 Å². The van der Waals surface area contributed by atoms with Crippen LogP contribution in [0, 0.1) is 5.92 Å². The quantitative estimate of drug-likeness (QED) is 0.856. The Labute approximate surface area is 143 Å². The minimum atomic E-state index is -3.44. The Bertz CT molecular complexity index is 739. The SMILES string of the molecule is CNCCC1CCN(S(=O)(=O)c2c[nH]c3ncccc23)CC1.Cl. The lowest BCUT2D eigenvalue weighted by molar-refractivity contribution is 0.263. The first-order valence-corrected chi connectivity index (χ1v) is 9.14. The highest BCUT2D eigenvalue weighted by Crippen LogP contribution is 2.28. The summed E-state index contributed by atoms with van der Waals surface area (Å²) in [5.41, 5.74) is 0.616. The van der Waals surface area contributed by atoms with E-state index in [4.69, 9.17) is 0 Å². The fourth-order valence-electron chi connectivity index (χ4n) is 3.07. The Hall–Kier alpha value is -1.15. The number of hydrogen-bond donors (Lipinski definition) is 2. The van der Waals surface area contributed by atoms with E-state index in [-0.39, 0.29) is 12.4 Å². The third kappa shape index (κ3) is 3.68. The van der Waals surface area contributed by atoms with Gasteiger partial charge in [0.05, 0.1) is 0 Å². The molecule has 0 aromatic carbocycles. The first-order chi connectivity index (χ1) is 10.6. The first-order valence-electron chi connectivity index (χ1n) is 7.70. The number of nitrogens with one attached hydrogen (secondary N) is 2. The molecule has 1 aliphatic rings. The van der Waals surface area contributed by atoms with Crippen LogP contribution in [0.25, 0.3) is 11.0 Å². The van der Waals surface area contributed by atoms with Crippen molar-refractivity contribution in [3.8, 4) is 0 Å².